The molecule has 1 heterocycles. The lowest BCUT2D eigenvalue weighted by Crippen LogP contribution is -2.35. The van der Waals surface area contributed by atoms with E-state index in [0.29, 0.717) is 0 Å². The fraction of sp³-hybridized carbons (Fsp3) is 0.154. The molecule has 5 nitrogen and oxygen atoms in total. The maximum Gasteiger partial charge on any atom is 0.305 e. The number of esters is 1. The Morgan fingerprint density at radius 1 is 0.812 bits per heavy atom. The van der Waals surface area contributed by atoms with Gasteiger partial charge in [-0.1, -0.05) is 91.0 Å². The summed E-state index contributed by atoms with van der Waals surface area (Å²) in [6.45, 7) is -2.77. The van der Waals surface area contributed by atoms with Crippen LogP contribution in [-0.2, 0) is 19.1 Å². The summed E-state index contributed by atoms with van der Waals surface area (Å²) in [6.07, 6.45) is 0.271. The zero-order valence-electron chi connectivity index (χ0n) is 17.7. The number of Topliss-reactive ketones (excluding diaryl/α,β-unsaturated/α-hetero) is 1. The van der Waals surface area contributed by atoms with Gasteiger partial charge in [0.2, 0.25) is 0 Å². The molecule has 1 amide bonds. The van der Waals surface area contributed by atoms with E-state index in [2.05, 4.69) is 5.32 Å². The van der Waals surface area contributed by atoms with Gasteiger partial charge in [0.05, 0.1) is 18.4 Å². The quantitative estimate of drug-likeness (QED) is 0.466. The molecule has 0 saturated carbocycles. The maximum absolute atomic E-state index is 13.7. The van der Waals surface area contributed by atoms with Gasteiger partial charge in [-0.15, -0.1) is 0 Å². The van der Waals surface area contributed by atoms with Gasteiger partial charge < -0.3 is 10.1 Å². The second-order valence-corrected chi connectivity index (χ2v) is 10.9. The largest absolute Gasteiger partial charge is 0.469 e. The molecule has 3 aromatic rings. The van der Waals surface area contributed by atoms with Crippen molar-refractivity contribution in [3.8, 4) is 0 Å². The number of ketones is 1. The molecular formula is C26H24NO4P. The Morgan fingerprint density at radius 2 is 1.25 bits per heavy atom. The van der Waals surface area contributed by atoms with Crippen molar-refractivity contribution in [2.45, 2.75) is 18.9 Å². The van der Waals surface area contributed by atoms with Crippen molar-refractivity contribution in [1.29, 1.82) is 0 Å². The van der Waals surface area contributed by atoms with Crippen LogP contribution in [0, 0.1) is 0 Å². The lowest BCUT2D eigenvalue weighted by atomic mass is 10.1. The number of benzene rings is 3. The number of carbonyl (C=O) groups is 3. The molecule has 32 heavy (non-hydrogen) atoms. The van der Waals surface area contributed by atoms with Crippen LogP contribution in [0.4, 0.5) is 0 Å². The first-order valence-electron chi connectivity index (χ1n) is 10.4. The molecule has 6 heteroatoms. The van der Waals surface area contributed by atoms with E-state index in [9.17, 15) is 14.4 Å². The van der Waals surface area contributed by atoms with Crippen molar-refractivity contribution in [3.05, 3.63) is 91.0 Å². The molecule has 0 spiro atoms. The van der Waals surface area contributed by atoms with Gasteiger partial charge in [0.15, 0.2) is 5.78 Å². The molecule has 3 aromatic carbocycles. The van der Waals surface area contributed by atoms with Crippen LogP contribution in [0.25, 0.3) is 0 Å². The first kappa shape index (κ1) is 21.8. The summed E-state index contributed by atoms with van der Waals surface area (Å²) in [5.41, 5.74) is 0. The Bertz CT molecular complexity index is 1090. The first-order valence-corrected chi connectivity index (χ1v) is 12.2. The smallest absolute Gasteiger partial charge is 0.305 e. The third-order valence-electron chi connectivity index (χ3n) is 5.70. The zero-order chi connectivity index (χ0) is 22.6. The molecule has 162 valence electrons. The molecular weight excluding hydrogens is 421 g/mol. The highest BCUT2D eigenvalue weighted by Crippen LogP contribution is 2.47. The molecule has 0 radical (unpaired) electrons. The van der Waals surface area contributed by atoms with Crippen molar-refractivity contribution in [1.82, 2.24) is 5.32 Å². The van der Waals surface area contributed by atoms with Crippen LogP contribution in [0.15, 0.2) is 91.0 Å². The van der Waals surface area contributed by atoms with Crippen molar-refractivity contribution in [3.63, 3.8) is 0 Å². The summed E-state index contributed by atoms with van der Waals surface area (Å²) in [6, 6.07) is 28.6. The van der Waals surface area contributed by atoms with Gasteiger partial charge in [-0.05, 0) is 29.2 Å². The Hall–Kier alpha value is -3.43. The number of hydrogen-bond donors (Lipinski definition) is 1. The summed E-state index contributed by atoms with van der Waals surface area (Å²) >= 11 is 0. The van der Waals surface area contributed by atoms with Crippen LogP contribution in [-0.4, -0.2) is 36.1 Å². The van der Waals surface area contributed by atoms with Crippen molar-refractivity contribution < 1.29 is 19.1 Å². The van der Waals surface area contributed by atoms with Gasteiger partial charge in [0, 0.05) is 6.42 Å². The number of methoxy groups -OCH3 is 1. The topological polar surface area (TPSA) is 72.5 Å². The highest BCUT2D eigenvalue weighted by atomic mass is 31.2. The van der Waals surface area contributed by atoms with Gasteiger partial charge in [0.1, 0.15) is 0 Å². The number of nitrogens with one attached hydrogen (secondary N) is 1. The highest BCUT2D eigenvalue weighted by molar-refractivity contribution is 7.97. The van der Waals surface area contributed by atoms with Crippen molar-refractivity contribution >= 4 is 45.8 Å². The summed E-state index contributed by atoms with van der Waals surface area (Å²) in [5, 5.41) is 5.92. The van der Waals surface area contributed by atoms with Crippen LogP contribution in [0.1, 0.15) is 12.8 Å². The molecule has 1 aliphatic rings. The molecule has 0 aromatic heterocycles. The summed E-state index contributed by atoms with van der Waals surface area (Å²) < 4.78 is 4.71. The SMILES string of the molecule is COC(=O)CC[C@@H]1NC(=O)C(=P(c2ccccc2)(c2ccccc2)c2ccccc2)C1=O. The van der Waals surface area contributed by atoms with Gasteiger partial charge in [0.25, 0.3) is 5.91 Å². The second kappa shape index (κ2) is 9.37. The molecule has 0 unspecified atom stereocenters. The molecule has 1 atom stereocenters. The Balaban J connectivity index is 2.04. The lowest BCUT2D eigenvalue weighted by Gasteiger charge is -2.30. The van der Waals surface area contributed by atoms with Gasteiger partial charge >= 0.3 is 5.97 Å². The summed E-state index contributed by atoms with van der Waals surface area (Å²) in [5.74, 6) is -1.02. The normalized spacial score (nSPS) is 16.0. The van der Waals surface area contributed by atoms with E-state index in [0.717, 1.165) is 15.9 Å². The minimum Gasteiger partial charge on any atom is -0.469 e. The van der Waals surface area contributed by atoms with E-state index in [-0.39, 0.29) is 29.8 Å². The van der Waals surface area contributed by atoms with E-state index >= 15 is 0 Å². The third kappa shape index (κ3) is 3.80. The van der Waals surface area contributed by atoms with Gasteiger partial charge in [-0.3, -0.25) is 14.4 Å². The average molecular weight is 445 g/mol. The Labute approximate surface area is 187 Å². The van der Waals surface area contributed by atoms with E-state index in [4.69, 9.17) is 4.74 Å². The molecule has 1 saturated heterocycles. The lowest BCUT2D eigenvalue weighted by molar-refractivity contribution is -0.141. The minimum absolute atomic E-state index is 0.0634. The monoisotopic (exact) mass is 445 g/mol. The predicted octanol–water partition coefficient (Wildman–Crippen LogP) is 2.17. The number of hydrogen-bond acceptors (Lipinski definition) is 4. The number of carbonyl (C=O) groups excluding carboxylic acids is 3. The number of amides is 1. The molecule has 1 aliphatic heterocycles. The van der Waals surface area contributed by atoms with Crippen molar-refractivity contribution in [2.24, 2.45) is 0 Å². The maximum atomic E-state index is 13.7. The van der Waals surface area contributed by atoms with E-state index in [1.54, 1.807) is 0 Å². The predicted molar refractivity (Wildman–Crippen MR) is 128 cm³/mol. The standard InChI is InChI=1S/C26H24NO4P/c1-31-23(28)18-17-22-24(29)25(26(30)27-22)32(19-11-5-2-6-12-19,20-13-7-3-8-14-20)21-15-9-4-10-16-21/h2-16,22H,17-18H2,1H3,(H,27,30)/t22-/m0/s1. The van der Waals surface area contributed by atoms with Gasteiger partial charge in [-0.2, -0.15) is 0 Å². The Morgan fingerprint density at radius 3 is 1.66 bits per heavy atom. The number of ether oxygens (including phenoxy) is 1. The average Bonchev–Trinajstić information content (AvgIpc) is 3.13. The van der Waals surface area contributed by atoms with Crippen LogP contribution < -0.4 is 21.2 Å². The molecule has 1 N–H and O–H groups in total. The van der Waals surface area contributed by atoms with Crippen LogP contribution in [0.3, 0.4) is 0 Å². The number of rotatable bonds is 6. The summed E-state index contributed by atoms with van der Waals surface area (Å²) in [7, 11) is 1.31. The fourth-order valence-corrected chi connectivity index (χ4v) is 8.63. The van der Waals surface area contributed by atoms with Gasteiger partial charge in [-0.25, -0.2) is 0 Å². The summed E-state index contributed by atoms with van der Waals surface area (Å²) in [4.78, 5) is 38.8. The van der Waals surface area contributed by atoms with E-state index in [1.807, 2.05) is 91.0 Å². The minimum atomic E-state index is -2.77. The van der Waals surface area contributed by atoms with E-state index in [1.165, 1.54) is 7.11 Å². The van der Waals surface area contributed by atoms with Crippen LogP contribution in [0.5, 0.6) is 0 Å². The van der Waals surface area contributed by atoms with Crippen molar-refractivity contribution in [2.75, 3.05) is 7.11 Å². The molecule has 0 aliphatic carbocycles. The van der Waals surface area contributed by atoms with Crippen LogP contribution >= 0.6 is 6.89 Å². The fourth-order valence-electron chi connectivity index (χ4n) is 4.24. The zero-order valence-corrected chi connectivity index (χ0v) is 18.6. The second-order valence-electron chi connectivity index (χ2n) is 7.53. The van der Waals surface area contributed by atoms with E-state index < -0.39 is 18.9 Å². The van der Waals surface area contributed by atoms with Crippen LogP contribution in [0.2, 0.25) is 0 Å². The first-order chi connectivity index (χ1) is 15.6. The molecule has 4 rings (SSSR count). The third-order valence-corrected chi connectivity index (χ3v) is 10.0. The molecule has 1 fully saturated rings. The Kier molecular flexibility index (Phi) is 6.38. The highest BCUT2D eigenvalue weighted by Gasteiger charge is 2.44. The molecule has 0 bridgehead atoms.